The minimum absolute atomic E-state index is 0.0362. The maximum absolute atomic E-state index is 11.5. The van der Waals surface area contributed by atoms with Crippen LogP contribution in [0.5, 0.6) is 0 Å². The fraction of sp³-hybridized carbons (Fsp3) is 0.917. The minimum atomic E-state index is -2.91. The lowest BCUT2D eigenvalue weighted by molar-refractivity contribution is -0.121. The maximum atomic E-state index is 11.5. The molecule has 1 fully saturated rings. The average Bonchev–Trinajstić information content (AvgIpc) is 2.32. The predicted octanol–water partition coefficient (Wildman–Crippen LogP) is 0.317. The van der Waals surface area contributed by atoms with Crippen LogP contribution in [0.2, 0.25) is 0 Å². The fourth-order valence-corrected chi connectivity index (χ4v) is 2.82. The van der Waals surface area contributed by atoms with E-state index in [1.807, 2.05) is 0 Å². The van der Waals surface area contributed by atoms with Crippen molar-refractivity contribution >= 4 is 15.7 Å². The van der Waals surface area contributed by atoms with Gasteiger partial charge in [-0.1, -0.05) is 0 Å². The number of sulfone groups is 1. The van der Waals surface area contributed by atoms with Gasteiger partial charge in [0.25, 0.3) is 0 Å². The summed E-state index contributed by atoms with van der Waals surface area (Å²) in [6.45, 7) is 2.56. The third-order valence-electron chi connectivity index (χ3n) is 3.19. The van der Waals surface area contributed by atoms with E-state index in [0.717, 1.165) is 19.5 Å². The molecule has 1 rings (SSSR count). The van der Waals surface area contributed by atoms with Gasteiger partial charge >= 0.3 is 0 Å². The molecule has 0 saturated carbocycles. The molecule has 0 bridgehead atoms. The molecule has 0 aromatic heterocycles. The van der Waals surface area contributed by atoms with E-state index in [9.17, 15) is 13.2 Å². The van der Waals surface area contributed by atoms with Gasteiger partial charge in [-0.25, -0.2) is 8.42 Å². The number of piperidine rings is 1. The van der Waals surface area contributed by atoms with Crippen molar-refractivity contribution in [1.82, 2.24) is 10.6 Å². The minimum Gasteiger partial charge on any atom is -0.356 e. The van der Waals surface area contributed by atoms with Crippen molar-refractivity contribution in [2.24, 2.45) is 5.92 Å². The van der Waals surface area contributed by atoms with E-state index in [1.54, 1.807) is 0 Å². The van der Waals surface area contributed by atoms with Gasteiger partial charge in [0.1, 0.15) is 9.84 Å². The molecule has 0 spiro atoms. The van der Waals surface area contributed by atoms with Gasteiger partial charge in [0, 0.05) is 19.2 Å². The van der Waals surface area contributed by atoms with Crippen molar-refractivity contribution < 1.29 is 13.2 Å². The number of carbonyl (C=O) groups is 1. The number of carbonyl (C=O) groups excluding carboxylic acids is 1. The maximum Gasteiger partial charge on any atom is 0.220 e. The van der Waals surface area contributed by atoms with Crippen molar-refractivity contribution in [2.75, 3.05) is 31.6 Å². The van der Waals surface area contributed by atoms with Gasteiger partial charge in [-0.3, -0.25) is 4.79 Å². The van der Waals surface area contributed by atoms with E-state index in [0.29, 0.717) is 25.3 Å². The molecule has 1 aliphatic heterocycles. The first kappa shape index (κ1) is 15.4. The number of hydrogen-bond acceptors (Lipinski definition) is 4. The lowest BCUT2D eigenvalue weighted by Crippen LogP contribution is -2.31. The van der Waals surface area contributed by atoms with Crippen molar-refractivity contribution in [1.29, 1.82) is 0 Å². The van der Waals surface area contributed by atoms with Crippen LogP contribution in [0.25, 0.3) is 0 Å². The van der Waals surface area contributed by atoms with Crippen LogP contribution in [0.1, 0.15) is 32.1 Å². The van der Waals surface area contributed by atoms with Crippen molar-refractivity contribution in [2.45, 2.75) is 32.1 Å². The smallest absolute Gasteiger partial charge is 0.220 e. The molecule has 2 N–H and O–H groups in total. The van der Waals surface area contributed by atoms with E-state index < -0.39 is 9.84 Å². The van der Waals surface area contributed by atoms with Gasteiger partial charge in [-0.2, -0.15) is 0 Å². The van der Waals surface area contributed by atoms with E-state index >= 15 is 0 Å². The van der Waals surface area contributed by atoms with Gasteiger partial charge < -0.3 is 10.6 Å². The summed E-state index contributed by atoms with van der Waals surface area (Å²) in [5.74, 6) is 0.786. The van der Waals surface area contributed by atoms with Gasteiger partial charge in [0.2, 0.25) is 5.91 Å². The third-order valence-corrected chi connectivity index (χ3v) is 4.22. The summed E-state index contributed by atoms with van der Waals surface area (Å²) in [7, 11) is -2.91. The van der Waals surface area contributed by atoms with Crippen molar-refractivity contribution in [3.05, 3.63) is 0 Å². The summed E-state index contributed by atoms with van der Waals surface area (Å²) in [6, 6.07) is 0. The molecule has 1 heterocycles. The van der Waals surface area contributed by atoms with Crippen LogP contribution in [0.15, 0.2) is 0 Å². The topological polar surface area (TPSA) is 75.3 Å². The lowest BCUT2D eigenvalue weighted by atomic mass is 9.94. The van der Waals surface area contributed by atoms with E-state index in [2.05, 4.69) is 10.6 Å². The Balaban J connectivity index is 2.03. The highest BCUT2D eigenvalue weighted by Gasteiger charge is 2.14. The molecule has 1 unspecified atom stereocenters. The van der Waals surface area contributed by atoms with Gasteiger partial charge in [0.05, 0.1) is 5.75 Å². The average molecular weight is 276 g/mol. The quantitative estimate of drug-likeness (QED) is 0.657. The standard InChI is InChI=1S/C12H24N2O3S/c1-18(16,17)9-3-8-14-12(15)6-5-11-4-2-7-13-10-11/h11,13H,2-10H2,1H3,(H,14,15). The van der Waals surface area contributed by atoms with Crippen LogP contribution < -0.4 is 10.6 Å². The van der Waals surface area contributed by atoms with Gasteiger partial charge in [-0.15, -0.1) is 0 Å². The van der Waals surface area contributed by atoms with E-state index in [1.165, 1.54) is 19.1 Å². The molecule has 0 radical (unpaired) electrons. The number of rotatable bonds is 7. The third kappa shape index (κ3) is 7.66. The molecule has 18 heavy (non-hydrogen) atoms. The van der Waals surface area contributed by atoms with Gasteiger partial charge in [-0.05, 0) is 44.7 Å². The van der Waals surface area contributed by atoms with Crippen LogP contribution in [0.4, 0.5) is 0 Å². The monoisotopic (exact) mass is 276 g/mol. The number of amides is 1. The van der Waals surface area contributed by atoms with Crippen LogP contribution in [0, 0.1) is 5.92 Å². The molecule has 106 valence electrons. The van der Waals surface area contributed by atoms with E-state index in [-0.39, 0.29) is 11.7 Å². The Bertz CT molecular complexity index is 348. The second-order valence-electron chi connectivity index (χ2n) is 5.08. The Morgan fingerprint density at radius 2 is 2.22 bits per heavy atom. The first-order valence-corrected chi connectivity index (χ1v) is 8.68. The first-order chi connectivity index (χ1) is 8.47. The predicted molar refractivity (Wildman–Crippen MR) is 72.2 cm³/mol. The SMILES string of the molecule is CS(=O)(=O)CCCNC(=O)CCC1CCCNC1. The van der Waals surface area contributed by atoms with Crippen LogP contribution in [-0.4, -0.2) is 46.0 Å². The Morgan fingerprint density at radius 3 is 2.83 bits per heavy atom. The van der Waals surface area contributed by atoms with Crippen LogP contribution >= 0.6 is 0 Å². The Hall–Kier alpha value is -0.620. The molecule has 1 atom stereocenters. The molecule has 0 aromatic carbocycles. The molecule has 0 aliphatic carbocycles. The number of hydrogen-bond donors (Lipinski definition) is 2. The summed E-state index contributed by atoms with van der Waals surface area (Å²) in [5.41, 5.74) is 0. The van der Waals surface area contributed by atoms with Crippen molar-refractivity contribution in [3.8, 4) is 0 Å². The molecule has 6 heteroatoms. The molecule has 1 aliphatic rings. The largest absolute Gasteiger partial charge is 0.356 e. The highest BCUT2D eigenvalue weighted by atomic mass is 32.2. The van der Waals surface area contributed by atoms with Crippen LogP contribution in [0.3, 0.4) is 0 Å². The number of nitrogens with one attached hydrogen (secondary N) is 2. The second kappa shape index (κ2) is 7.74. The molecule has 1 amide bonds. The fourth-order valence-electron chi connectivity index (χ4n) is 2.16. The van der Waals surface area contributed by atoms with Gasteiger partial charge in [0.15, 0.2) is 0 Å². The normalized spacial score (nSPS) is 20.6. The van der Waals surface area contributed by atoms with E-state index in [4.69, 9.17) is 0 Å². The molecule has 1 saturated heterocycles. The van der Waals surface area contributed by atoms with Crippen LogP contribution in [-0.2, 0) is 14.6 Å². The highest BCUT2D eigenvalue weighted by Crippen LogP contribution is 2.15. The lowest BCUT2D eigenvalue weighted by Gasteiger charge is -2.22. The molecule has 0 aromatic rings. The summed E-state index contributed by atoms with van der Waals surface area (Å²) < 4.78 is 21.8. The Kier molecular flexibility index (Phi) is 6.63. The Morgan fingerprint density at radius 1 is 1.44 bits per heavy atom. The molecule has 5 nitrogen and oxygen atoms in total. The highest BCUT2D eigenvalue weighted by molar-refractivity contribution is 7.90. The second-order valence-corrected chi connectivity index (χ2v) is 7.34. The molecular weight excluding hydrogens is 252 g/mol. The van der Waals surface area contributed by atoms with Crippen molar-refractivity contribution in [3.63, 3.8) is 0 Å². The Labute approximate surface area is 110 Å². The molecular formula is C12H24N2O3S. The first-order valence-electron chi connectivity index (χ1n) is 6.62. The summed E-state index contributed by atoms with van der Waals surface area (Å²) >= 11 is 0. The zero-order valence-corrected chi connectivity index (χ0v) is 11.9. The summed E-state index contributed by atoms with van der Waals surface area (Å²) in [4.78, 5) is 11.5. The zero-order valence-electron chi connectivity index (χ0n) is 11.1. The summed E-state index contributed by atoms with van der Waals surface area (Å²) in [6.07, 6.45) is 5.57. The summed E-state index contributed by atoms with van der Waals surface area (Å²) in [5, 5.41) is 6.10. The zero-order chi connectivity index (χ0) is 13.4.